The van der Waals surface area contributed by atoms with Crippen molar-refractivity contribution in [3.05, 3.63) is 71.5 Å². The van der Waals surface area contributed by atoms with Gasteiger partial charge in [0.05, 0.1) is 18.4 Å². The van der Waals surface area contributed by atoms with Gasteiger partial charge in [0.25, 0.3) is 5.91 Å². The number of carbonyl (C=O) groups excluding carboxylic acids is 2. The van der Waals surface area contributed by atoms with Crippen LogP contribution >= 0.6 is 0 Å². The van der Waals surface area contributed by atoms with E-state index in [9.17, 15) is 14.0 Å². The molecule has 1 aliphatic rings. The average molecular weight is 411 g/mol. The van der Waals surface area contributed by atoms with Crippen LogP contribution in [0.4, 0.5) is 4.39 Å². The Morgan fingerprint density at radius 2 is 1.87 bits per heavy atom. The number of rotatable bonds is 8. The van der Waals surface area contributed by atoms with E-state index in [1.54, 1.807) is 26.2 Å². The van der Waals surface area contributed by atoms with E-state index in [1.807, 2.05) is 30.3 Å². The minimum atomic E-state index is -0.322. The van der Waals surface area contributed by atoms with E-state index in [0.29, 0.717) is 31.7 Å². The predicted octanol–water partition coefficient (Wildman–Crippen LogP) is 3.39. The fourth-order valence-electron chi connectivity index (χ4n) is 3.44. The van der Waals surface area contributed by atoms with Crippen LogP contribution in [0.1, 0.15) is 36.9 Å². The summed E-state index contributed by atoms with van der Waals surface area (Å²) in [4.78, 5) is 26.9. The molecule has 0 aliphatic carbocycles. The SMILES string of the molecule is CCC(=O)N(CCOC)CC(=O)N1N=C(c2ccc(F)cc2)C[C@H]1c1ccccc1. The Hall–Kier alpha value is -3.06. The Labute approximate surface area is 175 Å². The largest absolute Gasteiger partial charge is 0.383 e. The van der Waals surface area contributed by atoms with Crippen molar-refractivity contribution in [3.8, 4) is 0 Å². The number of hydrogen-bond acceptors (Lipinski definition) is 4. The minimum Gasteiger partial charge on any atom is -0.383 e. The lowest BCUT2D eigenvalue weighted by Crippen LogP contribution is -2.42. The number of nitrogens with zero attached hydrogens (tertiary/aromatic N) is 3. The lowest BCUT2D eigenvalue weighted by atomic mass is 9.98. The Bertz CT molecular complexity index is 900. The zero-order chi connectivity index (χ0) is 21.5. The molecule has 2 amide bonds. The molecular formula is C23H26FN3O3. The quantitative estimate of drug-likeness (QED) is 0.669. The lowest BCUT2D eigenvalue weighted by molar-refractivity contribution is -0.141. The number of carbonyl (C=O) groups is 2. The summed E-state index contributed by atoms with van der Waals surface area (Å²) >= 11 is 0. The summed E-state index contributed by atoms with van der Waals surface area (Å²) in [6.07, 6.45) is 0.824. The van der Waals surface area contributed by atoms with Crippen molar-refractivity contribution < 1.29 is 18.7 Å². The lowest BCUT2D eigenvalue weighted by Gasteiger charge is -2.26. The van der Waals surface area contributed by atoms with Crippen molar-refractivity contribution in [2.45, 2.75) is 25.8 Å². The molecule has 2 aromatic rings. The predicted molar refractivity (Wildman–Crippen MR) is 112 cm³/mol. The van der Waals surface area contributed by atoms with E-state index in [-0.39, 0.29) is 30.2 Å². The molecule has 7 heteroatoms. The van der Waals surface area contributed by atoms with E-state index >= 15 is 0 Å². The number of hydrogen-bond donors (Lipinski definition) is 0. The Morgan fingerprint density at radius 3 is 2.50 bits per heavy atom. The molecule has 0 radical (unpaired) electrons. The summed E-state index contributed by atoms with van der Waals surface area (Å²) in [5.41, 5.74) is 2.44. The molecule has 6 nitrogen and oxygen atoms in total. The first-order chi connectivity index (χ1) is 14.5. The zero-order valence-corrected chi connectivity index (χ0v) is 17.3. The third-order valence-corrected chi connectivity index (χ3v) is 5.07. The number of methoxy groups -OCH3 is 1. The molecular weight excluding hydrogens is 385 g/mol. The van der Waals surface area contributed by atoms with Crippen LogP contribution in [-0.2, 0) is 14.3 Å². The fraction of sp³-hybridized carbons (Fsp3) is 0.348. The van der Waals surface area contributed by atoms with Crippen molar-refractivity contribution in [3.63, 3.8) is 0 Å². The summed E-state index contributed by atoms with van der Waals surface area (Å²) in [5, 5.41) is 6.03. The Balaban J connectivity index is 1.87. The van der Waals surface area contributed by atoms with Gasteiger partial charge in [-0.25, -0.2) is 9.40 Å². The maximum atomic E-state index is 13.3. The normalized spacial score (nSPS) is 15.8. The van der Waals surface area contributed by atoms with Crippen molar-refractivity contribution in [2.75, 3.05) is 26.8 Å². The molecule has 0 aromatic heterocycles. The number of ether oxygens (including phenoxy) is 1. The smallest absolute Gasteiger partial charge is 0.262 e. The van der Waals surface area contributed by atoms with Crippen LogP contribution in [0.3, 0.4) is 0 Å². The standard InChI is InChI=1S/C23H26FN3O3/c1-3-22(28)26(13-14-30-2)16-23(29)27-21(18-7-5-4-6-8-18)15-20(25-27)17-9-11-19(24)12-10-17/h4-12,21H,3,13-16H2,1-2H3/t21-/m0/s1. The average Bonchev–Trinajstić information content (AvgIpc) is 3.22. The summed E-state index contributed by atoms with van der Waals surface area (Å²) in [6.45, 7) is 2.39. The first-order valence-electron chi connectivity index (χ1n) is 10.0. The maximum absolute atomic E-state index is 13.3. The van der Waals surface area contributed by atoms with Crippen LogP contribution in [0.15, 0.2) is 59.7 Å². The highest BCUT2D eigenvalue weighted by Crippen LogP contribution is 2.32. The first-order valence-corrected chi connectivity index (χ1v) is 10.0. The Morgan fingerprint density at radius 1 is 1.17 bits per heavy atom. The topological polar surface area (TPSA) is 62.2 Å². The van der Waals surface area contributed by atoms with Gasteiger partial charge in [-0.2, -0.15) is 5.10 Å². The van der Waals surface area contributed by atoms with E-state index in [0.717, 1.165) is 11.1 Å². The number of amides is 2. The highest BCUT2D eigenvalue weighted by Gasteiger charge is 2.34. The van der Waals surface area contributed by atoms with E-state index in [4.69, 9.17) is 4.74 Å². The van der Waals surface area contributed by atoms with Gasteiger partial charge >= 0.3 is 0 Å². The van der Waals surface area contributed by atoms with Gasteiger partial charge in [-0.05, 0) is 23.3 Å². The number of benzene rings is 2. The van der Waals surface area contributed by atoms with Gasteiger partial charge in [-0.15, -0.1) is 0 Å². The van der Waals surface area contributed by atoms with Crippen LogP contribution in [0.5, 0.6) is 0 Å². The molecule has 0 N–H and O–H groups in total. The highest BCUT2D eigenvalue weighted by atomic mass is 19.1. The van der Waals surface area contributed by atoms with Gasteiger partial charge in [0, 0.05) is 26.5 Å². The van der Waals surface area contributed by atoms with Crippen molar-refractivity contribution >= 4 is 17.5 Å². The summed E-state index contributed by atoms with van der Waals surface area (Å²) in [7, 11) is 1.56. The molecule has 0 unspecified atom stereocenters. The summed E-state index contributed by atoms with van der Waals surface area (Å²) < 4.78 is 18.4. The molecule has 30 heavy (non-hydrogen) atoms. The third kappa shape index (κ3) is 5.10. The second-order valence-electron chi connectivity index (χ2n) is 7.08. The highest BCUT2D eigenvalue weighted by molar-refractivity contribution is 6.03. The molecule has 158 valence electrons. The molecule has 0 fully saturated rings. The van der Waals surface area contributed by atoms with Gasteiger partial charge < -0.3 is 9.64 Å². The van der Waals surface area contributed by atoms with E-state index in [2.05, 4.69) is 5.10 Å². The van der Waals surface area contributed by atoms with Crippen LogP contribution in [0, 0.1) is 5.82 Å². The Kier molecular flexibility index (Phi) is 7.30. The number of hydrazone groups is 1. The molecule has 0 saturated heterocycles. The van der Waals surface area contributed by atoms with Crippen LogP contribution in [0.2, 0.25) is 0 Å². The van der Waals surface area contributed by atoms with Gasteiger partial charge in [-0.1, -0.05) is 49.4 Å². The molecule has 1 aliphatic heterocycles. The first kappa shape index (κ1) is 21.6. The second kappa shape index (κ2) is 10.1. The monoisotopic (exact) mass is 411 g/mol. The van der Waals surface area contributed by atoms with Gasteiger partial charge in [0.2, 0.25) is 5.91 Å². The summed E-state index contributed by atoms with van der Waals surface area (Å²) in [6, 6.07) is 15.5. The van der Waals surface area contributed by atoms with Crippen LogP contribution < -0.4 is 0 Å². The van der Waals surface area contributed by atoms with Crippen molar-refractivity contribution in [1.29, 1.82) is 0 Å². The van der Waals surface area contributed by atoms with Gasteiger partial charge in [-0.3, -0.25) is 9.59 Å². The molecule has 1 atom stereocenters. The molecule has 0 saturated carbocycles. The van der Waals surface area contributed by atoms with Crippen molar-refractivity contribution in [2.24, 2.45) is 5.10 Å². The van der Waals surface area contributed by atoms with E-state index < -0.39 is 0 Å². The second-order valence-corrected chi connectivity index (χ2v) is 7.08. The molecule has 3 rings (SSSR count). The van der Waals surface area contributed by atoms with E-state index in [1.165, 1.54) is 22.0 Å². The molecule has 2 aromatic carbocycles. The minimum absolute atomic E-state index is 0.0699. The third-order valence-electron chi connectivity index (χ3n) is 5.07. The van der Waals surface area contributed by atoms with Gasteiger partial charge in [0.1, 0.15) is 12.4 Å². The maximum Gasteiger partial charge on any atom is 0.262 e. The number of halogens is 1. The molecule has 1 heterocycles. The van der Waals surface area contributed by atoms with Crippen LogP contribution in [0.25, 0.3) is 0 Å². The zero-order valence-electron chi connectivity index (χ0n) is 17.3. The van der Waals surface area contributed by atoms with Gasteiger partial charge in [0.15, 0.2) is 0 Å². The summed E-state index contributed by atoms with van der Waals surface area (Å²) in [5.74, 6) is -0.700. The molecule has 0 bridgehead atoms. The van der Waals surface area contributed by atoms with Crippen LogP contribution in [-0.4, -0.2) is 54.2 Å². The van der Waals surface area contributed by atoms with Crippen molar-refractivity contribution in [1.82, 2.24) is 9.91 Å². The fourth-order valence-corrected chi connectivity index (χ4v) is 3.44. The molecule has 0 spiro atoms.